The minimum Gasteiger partial charge on any atom is -0.393 e. The SMILES string of the molecule is CC1=CC[C@H]2[C@@H]([C@@](C)(O)CO)CC[C@]2(C)[C@@H]1C. The third kappa shape index (κ3) is 1.86. The molecule has 0 aromatic rings. The third-order valence-electron chi connectivity index (χ3n) is 5.81. The zero-order valence-electron chi connectivity index (χ0n) is 11.5. The van der Waals surface area contributed by atoms with Crippen LogP contribution in [-0.2, 0) is 0 Å². The van der Waals surface area contributed by atoms with E-state index in [2.05, 4.69) is 26.8 Å². The maximum atomic E-state index is 10.4. The Morgan fingerprint density at radius 1 is 1.53 bits per heavy atom. The Morgan fingerprint density at radius 3 is 2.76 bits per heavy atom. The molecule has 98 valence electrons. The fourth-order valence-corrected chi connectivity index (χ4v) is 4.16. The lowest BCUT2D eigenvalue weighted by molar-refractivity contribution is -0.0712. The van der Waals surface area contributed by atoms with Crippen molar-refractivity contribution in [2.75, 3.05) is 6.61 Å². The van der Waals surface area contributed by atoms with E-state index in [-0.39, 0.29) is 12.5 Å². The Bertz CT molecular complexity index is 332. The van der Waals surface area contributed by atoms with Crippen molar-refractivity contribution in [3.63, 3.8) is 0 Å². The van der Waals surface area contributed by atoms with E-state index in [0.717, 1.165) is 12.8 Å². The highest BCUT2D eigenvalue weighted by Crippen LogP contribution is 2.59. The first-order valence-electron chi connectivity index (χ1n) is 6.83. The van der Waals surface area contributed by atoms with Gasteiger partial charge in [0.1, 0.15) is 0 Å². The van der Waals surface area contributed by atoms with E-state index >= 15 is 0 Å². The second-order valence-corrected chi connectivity index (χ2v) is 6.68. The van der Waals surface area contributed by atoms with Crippen molar-refractivity contribution < 1.29 is 10.2 Å². The van der Waals surface area contributed by atoms with Crippen LogP contribution in [0.15, 0.2) is 11.6 Å². The number of allylic oxidation sites excluding steroid dienone is 2. The molecule has 1 fully saturated rings. The molecule has 0 bridgehead atoms. The van der Waals surface area contributed by atoms with Crippen molar-refractivity contribution in [1.82, 2.24) is 0 Å². The topological polar surface area (TPSA) is 40.5 Å². The lowest BCUT2D eigenvalue weighted by atomic mass is 9.61. The fourth-order valence-electron chi connectivity index (χ4n) is 4.16. The first-order chi connectivity index (χ1) is 7.83. The van der Waals surface area contributed by atoms with Crippen LogP contribution in [0.3, 0.4) is 0 Å². The molecule has 5 atom stereocenters. The molecule has 2 N–H and O–H groups in total. The van der Waals surface area contributed by atoms with Gasteiger partial charge in [-0.25, -0.2) is 0 Å². The molecule has 1 saturated carbocycles. The van der Waals surface area contributed by atoms with E-state index in [1.54, 1.807) is 6.92 Å². The van der Waals surface area contributed by atoms with Crippen LogP contribution in [0.25, 0.3) is 0 Å². The molecule has 0 aromatic carbocycles. The van der Waals surface area contributed by atoms with E-state index in [1.807, 2.05) is 0 Å². The van der Waals surface area contributed by atoms with Gasteiger partial charge < -0.3 is 10.2 Å². The van der Waals surface area contributed by atoms with Gasteiger partial charge in [0.25, 0.3) is 0 Å². The van der Waals surface area contributed by atoms with Gasteiger partial charge in [-0.15, -0.1) is 0 Å². The highest BCUT2D eigenvalue weighted by atomic mass is 16.3. The van der Waals surface area contributed by atoms with E-state index in [9.17, 15) is 10.2 Å². The Balaban J connectivity index is 2.30. The molecular formula is C15H26O2. The van der Waals surface area contributed by atoms with Gasteiger partial charge in [0.2, 0.25) is 0 Å². The zero-order chi connectivity index (χ0) is 12.8. The minimum absolute atomic E-state index is 0.124. The maximum absolute atomic E-state index is 10.4. The summed E-state index contributed by atoms with van der Waals surface area (Å²) in [5, 5.41) is 19.7. The molecule has 2 aliphatic carbocycles. The van der Waals surface area contributed by atoms with E-state index in [4.69, 9.17) is 0 Å². The van der Waals surface area contributed by atoms with Crippen LogP contribution in [-0.4, -0.2) is 22.4 Å². The molecule has 0 radical (unpaired) electrons. The molecular weight excluding hydrogens is 212 g/mol. The van der Waals surface area contributed by atoms with Gasteiger partial charge in [0.15, 0.2) is 0 Å². The number of fused-ring (bicyclic) bond motifs is 1. The summed E-state index contributed by atoms with van der Waals surface area (Å²) in [7, 11) is 0. The molecule has 0 saturated heterocycles. The molecule has 2 rings (SSSR count). The summed E-state index contributed by atoms with van der Waals surface area (Å²) >= 11 is 0. The Morgan fingerprint density at radius 2 is 2.18 bits per heavy atom. The molecule has 2 aliphatic rings. The second kappa shape index (κ2) is 4.10. The van der Waals surface area contributed by atoms with Crippen molar-refractivity contribution in [3.05, 3.63) is 11.6 Å². The first kappa shape index (κ1) is 13.1. The summed E-state index contributed by atoms with van der Waals surface area (Å²) in [4.78, 5) is 0. The molecule has 0 unspecified atom stereocenters. The molecule has 0 spiro atoms. The van der Waals surface area contributed by atoms with Gasteiger partial charge in [-0.1, -0.05) is 25.5 Å². The smallest absolute Gasteiger partial charge is 0.0880 e. The predicted octanol–water partition coefficient (Wildman–Crippen LogP) is 2.75. The predicted molar refractivity (Wildman–Crippen MR) is 69.6 cm³/mol. The zero-order valence-corrected chi connectivity index (χ0v) is 11.5. The summed E-state index contributed by atoms with van der Waals surface area (Å²) in [5.74, 6) is 1.35. The van der Waals surface area contributed by atoms with Gasteiger partial charge in [-0.3, -0.25) is 0 Å². The van der Waals surface area contributed by atoms with Crippen LogP contribution < -0.4 is 0 Å². The molecule has 0 amide bonds. The maximum Gasteiger partial charge on any atom is 0.0880 e. The van der Waals surface area contributed by atoms with Gasteiger partial charge >= 0.3 is 0 Å². The highest BCUT2D eigenvalue weighted by molar-refractivity contribution is 5.18. The minimum atomic E-state index is -0.915. The summed E-state index contributed by atoms with van der Waals surface area (Å²) < 4.78 is 0. The summed E-state index contributed by atoms with van der Waals surface area (Å²) in [6.07, 6.45) is 5.61. The van der Waals surface area contributed by atoms with Gasteiger partial charge in [-0.05, 0) is 56.3 Å². The molecule has 0 heterocycles. The Kier molecular flexibility index (Phi) is 3.16. The van der Waals surface area contributed by atoms with Crippen LogP contribution in [0.4, 0.5) is 0 Å². The number of aliphatic hydroxyl groups excluding tert-OH is 1. The molecule has 2 nitrogen and oxygen atoms in total. The number of rotatable bonds is 2. The van der Waals surface area contributed by atoms with E-state index < -0.39 is 5.60 Å². The van der Waals surface area contributed by atoms with E-state index in [1.165, 1.54) is 12.0 Å². The quantitative estimate of drug-likeness (QED) is 0.726. The van der Waals surface area contributed by atoms with Crippen molar-refractivity contribution in [1.29, 1.82) is 0 Å². The summed E-state index contributed by atoms with van der Waals surface area (Å²) in [5.41, 5.74) is 0.886. The lowest BCUT2D eigenvalue weighted by Gasteiger charge is -2.45. The number of hydrogen-bond acceptors (Lipinski definition) is 2. The van der Waals surface area contributed by atoms with Gasteiger partial charge in [0.05, 0.1) is 12.2 Å². The average Bonchev–Trinajstić information content (AvgIpc) is 2.64. The summed E-state index contributed by atoms with van der Waals surface area (Å²) in [6.45, 7) is 8.57. The van der Waals surface area contributed by atoms with Gasteiger partial charge in [-0.2, -0.15) is 0 Å². The van der Waals surface area contributed by atoms with Crippen LogP contribution in [0.5, 0.6) is 0 Å². The van der Waals surface area contributed by atoms with E-state index in [0.29, 0.717) is 17.3 Å². The summed E-state index contributed by atoms with van der Waals surface area (Å²) in [6, 6.07) is 0. The third-order valence-corrected chi connectivity index (χ3v) is 5.81. The normalized spacial score (nSPS) is 45.1. The largest absolute Gasteiger partial charge is 0.393 e. The van der Waals surface area contributed by atoms with Crippen LogP contribution in [0.1, 0.15) is 47.0 Å². The average molecular weight is 238 g/mol. The Hall–Kier alpha value is -0.340. The van der Waals surface area contributed by atoms with Gasteiger partial charge in [0, 0.05) is 0 Å². The first-order valence-corrected chi connectivity index (χ1v) is 6.83. The molecule has 2 heteroatoms. The molecule has 0 aromatic heterocycles. The van der Waals surface area contributed by atoms with Crippen molar-refractivity contribution >= 4 is 0 Å². The standard InChI is InChI=1S/C15H26O2/c1-10-5-6-12-13(15(4,17)9-16)7-8-14(12,3)11(10)2/h5,11-13,16-17H,6-9H2,1-4H3/t11-,12+,13+,14-,15+/m1/s1. The second-order valence-electron chi connectivity index (χ2n) is 6.68. The lowest BCUT2D eigenvalue weighted by Crippen LogP contribution is -2.45. The number of aliphatic hydroxyl groups is 2. The number of hydrogen-bond donors (Lipinski definition) is 2. The van der Waals surface area contributed by atoms with Crippen LogP contribution in [0, 0.1) is 23.2 Å². The monoisotopic (exact) mass is 238 g/mol. The van der Waals surface area contributed by atoms with Crippen molar-refractivity contribution in [2.45, 2.75) is 52.6 Å². The molecule has 17 heavy (non-hydrogen) atoms. The fraction of sp³-hybridized carbons (Fsp3) is 0.867. The highest BCUT2D eigenvalue weighted by Gasteiger charge is 2.54. The van der Waals surface area contributed by atoms with Crippen LogP contribution in [0.2, 0.25) is 0 Å². The van der Waals surface area contributed by atoms with Crippen molar-refractivity contribution in [3.8, 4) is 0 Å². The molecule has 0 aliphatic heterocycles. The Labute approximate surface area is 105 Å². The van der Waals surface area contributed by atoms with Crippen LogP contribution >= 0.6 is 0 Å². The van der Waals surface area contributed by atoms with Crippen molar-refractivity contribution in [2.24, 2.45) is 23.2 Å².